The van der Waals surface area contributed by atoms with Gasteiger partial charge < -0.3 is 5.32 Å². The molecule has 0 saturated carbocycles. The number of hydrogen-bond acceptors (Lipinski definition) is 2. The minimum Gasteiger partial charge on any atom is -0.345 e. The molecule has 1 N–H and O–H groups in total. The van der Waals surface area contributed by atoms with Crippen molar-refractivity contribution < 1.29 is 18.0 Å². The topological polar surface area (TPSA) is 52.9 Å². The lowest BCUT2D eigenvalue weighted by molar-refractivity contribution is -0.137. The van der Waals surface area contributed by atoms with E-state index in [9.17, 15) is 18.0 Å². The average Bonchev–Trinajstić information content (AvgIpc) is 2.73. The highest BCUT2D eigenvalue weighted by molar-refractivity contribution is 5.94. The summed E-state index contributed by atoms with van der Waals surface area (Å²) in [5.41, 5.74) is 1.17. The summed E-state index contributed by atoms with van der Waals surface area (Å²) in [4.78, 5) is 12.7. The predicted octanol–water partition coefficient (Wildman–Crippen LogP) is 5.29. The lowest BCUT2D eigenvalue weighted by atomic mass is 9.97. The minimum absolute atomic E-state index is 0.192. The van der Waals surface area contributed by atoms with Gasteiger partial charge in [-0.2, -0.15) is 18.4 Å². The van der Waals surface area contributed by atoms with Crippen molar-refractivity contribution in [2.45, 2.75) is 18.6 Å². The molecule has 0 fully saturated rings. The molecule has 3 aromatic carbocycles. The maximum atomic E-state index is 13.0. The van der Waals surface area contributed by atoms with E-state index >= 15 is 0 Å². The molecule has 0 aliphatic carbocycles. The Hall–Kier alpha value is -3.59. The van der Waals surface area contributed by atoms with E-state index in [2.05, 4.69) is 5.32 Å². The molecule has 0 aliphatic heterocycles. The van der Waals surface area contributed by atoms with Crippen LogP contribution in [0.25, 0.3) is 0 Å². The largest absolute Gasteiger partial charge is 0.416 e. The zero-order valence-electron chi connectivity index (χ0n) is 15.3. The van der Waals surface area contributed by atoms with Crippen molar-refractivity contribution in [3.05, 3.63) is 107 Å². The number of carbonyl (C=O) groups is 1. The van der Waals surface area contributed by atoms with E-state index in [-0.39, 0.29) is 6.42 Å². The fourth-order valence-corrected chi connectivity index (χ4v) is 3.02. The van der Waals surface area contributed by atoms with Crippen LogP contribution in [0.3, 0.4) is 0 Å². The maximum absolute atomic E-state index is 13.0. The van der Waals surface area contributed by atoms with Crippen LogP contribution in [0.4, 0.5) is 13.2 Å². The number of rotatable bonds is 5. The quantitative estimate of drug-likeness (QED) is 0.639. The van der Waals surface area contributed by atoms with E-state index in [0.29, 0.717) is 16.7 Å². The molecule has 0 saturated heterocycles. The van der Waals surface area contributed by atoms with Crippen molar-refractivity contribution in [1.82, 2.24) is 5.32 Å². The molecule has 0 aliphatic rings. The highest BCUT2D eigenvalue weighted by Crippen LogP contribution is 2.30. The number of nitrogens with one attached hydrogen (secondary N) is 1. The smallest absolute Gasteiger partial charge is 0.345 e. The molecule has 146 valence electrons. The second kappa shape index (κ2) is 8.61. The summed E-state index contributed by atoms with van der Waals surface area (Å²) in [5, 5.41) is 11.9. The first kappa shape index (κ1) is 20.2. The van der Waals surface area contributed by atoms with E-state index in [1.54, 1.807) is 36.4 Å². The van der Waals surface area contributed by atoms with Gasteiger partial charge in [0.25, 0.3) is 5.91 Å². The normalized spacial score (nSPS) is 12.1. The number of nitrogens with zero attached hydrogens (tertiary/aromatic N) is 1. The van der Waals surface area contributed by atoms with Crippen LogP contribution in [0, 0.1) is 11.3 Å². The molecule has 3 nitrogen and oxygen atoms in total. The van der Waals surface area contributed by atoms with Crippen molar-refractivity contribution in [3.63, 3.8) is 0 Å². The number of alkyl halides is 3. The van der Waals surface area contributed by atoms with Gasteiger partial charge >= 0.3 is 6.18 Å². The van der Waals surface area contributed by atoms with Gasteiger partial charge in [-0.05, 0) is 41.8 Å². The summed E-state index contributed by atoms with van der Waals surface area (Å²) in [6.45, 7) is 0. The van der Waals surface area contributed by atoms with Crippen LogP contribution < -0.4 is 5.32 Å². The van der Waals surface area contributed by atoms with Crippen molar-refractivity contribution in [3.8, 4) is 6.07 Å². The summed E-state index contributed by atoms with van der Waals surface area (Å²) in [6.07, 6.45) is -4.24. The van der Waals surface area contributed by atoms with Crippen molar-refractivity contribution in [1.29, 1.82) is 5.26 Å². The number of nitriles is 1. The summed E-state index contributed by atoms with van der Waals surface area (Å²) in [7, 11) is 0. The standard InChI is InChI=1S/C23H17F3N2O/c24-23(25,26)20-11-5-6-16(13-20)14-21(18-8-2-1-3-9-18)28-22(29)19-10-4-7-17(12-19)15-27/h1-13,21H,14H2,(H,28,29). The van der Waals surface area contributed by atoms with Gasteiger partial charge in [-0.25, -0.2) is 0 Å². The zero-order valence-corrected chi connectivity index (χ0v) is 15.3. The number of amides is 1. The third-order valence-corrected chi connectivity index (χ3v) is 4.46. The SMILES string of the molecule is N#Cc1cccc(C(=O)NC(Cc2cccc(C(F)(F)F)c2)c2ccccc2)c1. The Morgan fingerprint density at radius 2 is 1.69 bits per heavy atom. The molecule has 29 heavy (non-hydrogen) atoms. The van der Waals surface area contributed by atoms with Crippen LogP contribution in [0.1, 0.15) is 38.7 Å². The van der Waals surface area contributed by atoms with E-state index in [1.807, 2.05) is 24.3 Å². The van der Waals surface area contributed by atoms with Crippen LogP contribution in [0.2, 0.25) is 0 Å². The Morgan fingerprint density at radius 3 is 2.38 bits per heavy atom. The second-order valence-corrected chi connectivity index (χ2v) is 6.53. The molecule has 0 heterocycles. The molecule has 0 bridgehead atoms. The van der Waals surface area contributed by atoms with Crippen LogP contribution in [0.5, 0.6) is 0 Å². The van der Waals surface area contributed by atoms with Crippen molar-refractivity contribution >= 4 is 5.91 Å². The Balaban J connectivity index is 1.88. The van der Waals surface area contributed by atoms with Gasteiger partial charge in [0.2, 0.25) is 0 Å². The molecule has 0 spiro atoms. The summed E-state index contributed by atoms with van der Waals surface area (Å²) >= 11 is 0. The van der Waals surface area contributed by atoms with Gasteiger partial charge in [0, 0.05) is 5.56 Å². The fourth-order valence-electron chi connectivity index (χ4n) is 3.02. The summed E-state index contributed by atoms with van der Waals surface area (Å²) in [5.74, 6) is -0.400. The molecule has 0 aromatic heterocycles. The van der Waals surface area contributed by atoms with E-state index in [1.165, 1.54) is 12.1 Å². The molecule has 3 aromatic rings. The van der Waals surface area contributed by atoms with Crippen LogP contribution >= 0.6 is 0 Å². The van der Waals surface area contributed by atoms with Crippen LogP contribution in [-0.4, -0.2) is 5.91 Å². The van der Waals surface area contributed by atoms with Crippen molar-refractivity contribution in [2.24, 2.45) is 0 Å². The number of benzene rings is 3. The van der Waals surface area contributed by atoms with Gasteiger partial charge in [-0.15, -0.1) is 0 Å². The molecular formula is C23H17F3N2O. The zero-order chi connectivity index (χ0) is 20.9. The van der Waals surface area contributed by atoms with E-state index < -0.39 is 23.7 Å². The van der Waals surface area contributed by atoms with Crippen LogP contribution in [-0.2, 0) is 12.6 Å². The van der Waals surface area contributed by atoms with Crippen molar-refractivity contribution in [2.75, 3.05) is 0 Å². The molecule has 6 heteroatoms. The fraction of sp³-hybridized carbons (Fsp3) is 0.130. The molecule has 1 amide bonds. The van der Waals surface area contributed by atoms with Gasteiger partial charge in [0.05, 0.1) is 23.2 Å². The first-order valence-electron chi connectivity index (χ1n) is 8.89. The predicted molar refractivity (Wildman–Crippen MR) is 103 cm³/mol. The van der Waals surface area contributed by atoms with Gasteiger partial charge in [-0.1, -0.05) is 54.6 Å². The number of carbonyl (C=O) groups excluding carboxylic acids is 1. The highest BCUT2D eigenvalue weighted by atomic mass is 19.4. The Morgan fingerprint density at radius 1 is 0.966 bits per heavy atom. The van der Waals surface area contributed by atoms with E-state index in [0.717, 1.165) is 17.7 Å². The monoisotopic (exact) mass is 394 g/mol. The van der Waals surface area contributed by atoms with Gasteiger partial charge in [0.1, 0.15) is 0 Å². The third kappa shape index (κ3) is 5.23. The molecule has 1 unspecified atom stereocenters. The first-order chi connectivity index (χ1) is 13.9. The third-order valence-electron chi connectivity index (χ3n) is 4.46. The lowest BCUT2D eigenvalue weighted by Gasteiger charge is -2.20. The molecular weight excluding hydrogens is 377 g/mol. The van der Waals surface area contributed by atoms with Gasteiger partial charge in [0.15, 0.2) is 0 Å². The molecule has 1 atom stereocenters. The minimum atomic E-state index is -4.43. The summed E-state index contributed by atoms with van der Waals surface area (Å²) in [6, 6.07) is 21.8. The van der Waals surface area contributed by atoms with E-state index in [4.69, 9.17) is 5.26 Å². The first-order valence-corrected chi connectivity index (χ1v) is 8.89. The Bertz CT molecular complexity index is 1040. The molecule has 0 radical (unpaired) electrons. The lowest BCUT2D eigenvalue weighted by Crippen LogP contribution is -2.30. The highest BCUT2D eigenvalue weighted by Gasteiger charge is 2.30. The maximum Gasteiger partial charge on any atom is 0.416 e. The Kier molecular flexibility index (Phi) is 5.99. The second-order valence-electron chi connectivity index (χ2n) is 6.53. The average molecular weight is 394 g/mol. The van der Waals surface area contributed by atoms with Gasteiger partial charge in [-0.3, -0.25) is 4.79 Å². The van der Waals surface area contributed by atoms with Crippen LogP contribution in [0.15, 0.2) is 78.9 Å². The molecule has 3 rings (SSSR count). The number of halogens is 3. The number of hydrogen-bond donors (Lipinski definition) is 1. The summed E-state index contributed by atoms with van der Waals surface area (Å²) < 4.78 is 39.1. The Labute approximate surface area is 166 Å².